The number of aryl methyl sites for hydroxylation is 1. The number of hydrogen-bond donors (Lipinski definition) is 1. The molecule has 47 heavy (non-hydrogen) atoms. The molecule has 2 aliphatic rings. The van der Waals surface area contributed by atoms with Crippen LogP contribution in [0.4, 0.5) is 5.13 Å². The molecule has 2 atom stereocenters. The third-order valence-corrected chi connectivity index (χ3v) is 9.02. The molecule has 0 bridgehead atoms. The molecule has 0 saturated carbocycles. The lowest BCUT2D eigenvalue weighted by atomic mass is 9.94. The number of benzene rings is 3. The summed E-state index contributed by atoms with van der Waals surface area (Å²) in [6.45, 7) is 7.92. The van der Waals surface area contributed by atoms with E-state index in [0.717, 1.165) is 22.5 Å². The zero-order valence-electron chi connectivity index (χ0n) is 26.4. The summed E-state index contributed by atoms with van der Waals surface area (Å²) in [5.74, 6) is -1.10. The Bertz CT molecular complexity index is 1880. The Morgan fingerprint density at radius 2 is 1.81 bits per heavy atom. The molecule has 3 aromatic carbocycles. The van der Waals surface area contributed by atoms with Crippen molar-refractivity contribution in [3.8, 4) is 17.2 Å². The van der Waals surface area contributed by atoms with Gasteiger partial charge in [0.15, 0.2) is 16.6 Å². The fourth-order valence-electron chi connectivity index (χ4n) is 5.76. The lowest BCUT2D eigenvalue weighted by molar-refractivity contribution is -0.132. The van der Waals surface area contributed by atoms with Crippen LogP contribution in [0.3, 0.4) is 0 Å². The van der Waals surface area contributed by atoms with E-state index in [9.17, 15) is 19.5 Å². The highest BCUT2D eigenvalue weighted by Gasteiger charge is 2.49. The molecule has 6 rings (SSSR count). The van der Waals surface area contributed by atoms with Gasteiger partial charge in [0.05, 0.1) is 30.5 Å². The minimum atomic E-state index is -1.10. The molecular formula is C36H34N2O8S. The van der Waals surface area contributed by atoms with Gasteiger partial charge in [0.1, 0.15) is 29.1 Å². The van der Waals surface area contributed by atoms with Crippen molar-refractivity contribution in [1.82, 2.24) is 4.98 Å². The maximum absolute atomic E-state index is 13.8. The molecule has 1 aromatic heterocycles. The number of ether oxygens (including phenoxy) is 4. The summed E-state index contributed by atoms with van der Waals surface area (Å²) in [6, 6.07) is 18.9. The van der Waals surface area contributed by atoms with E-state index in [-0.39, 0.29) is 34.1 Å². The van der Waals surface area contributed by atoms with Gasteiger partial charge in [0.2, 0.25) is 0 Å². The highest BCUT2D eigenvalue weighted by Crippen LogP contribution is 2.46. The lowest BCUT2D eigenvalue weighted by Crippen LogP contribution is -2.29. The van der Waals surface area contributed by atoms with Crippen molar-refractivity contribution in [2.24, 2.45) is 0 Å². The average Bonchev–Trinajstić information content (AvgIpc) is 3.72. The summed E-state index contributed by atoms with van der Waals surface area (Å²) in [4.78, 5) is 46.3. The van der Waals surface area contributed by atoms with Crippen LogP contribution in [0.5, 0.6) is 17.2 Å². The molecule has 1 N–H and O–H groups in total. The van der Waals surface area contributed by atoms with Crippen LogP contribution in [0, 0.1) is 6.92 Å². The number of fused-ring (bicyclic) bond motifs is 1. The largest absolute Gasteiger partial charge is 0.507 e. The highest BCUT2D eigenvalue weighted by atomic mass is 32.1. The van der Waals surface area contributed by atoms with Crippen molar-refractivity contribution in [1.29, 1.82) is 0 Å². The van der Waals surface area contributed by atoms with Crippen molar-refractivity contribution in [3.63, 3.8) is 0 Å². The summed E-state index contributed by atoms with van der Waals surface area (Å²) >= 11 is 0.949. The van der Waals surface area contributed by atoms with Crippen LogP contribution in [0.1, 0.15) is 64.4 Å². The molecule has 3 heterocycles. The number of aliphatic hydroxyl groups is 1. The molecule has 4 aromatic rings. The van der Waals surface area contributed by atoms with E-state index in [1.807, 2.05) is 44.2 Å². The standard InChI is InChI=1S/C36H34N2O8S/c1-5-43-28-18-23(12-15-27(28)45-19-22-10-8-7-9-11-22)30-29(31(39)24-13-14-26-25(17-24)16-20(3)46-26)32(40)34(41)38(30)36-37-21(4)33(47-36)35(42)44-6-2/h7-15,17-18,20,30,39H,5-6,16,19H2,1-4H3/t20-,30-/m0/s1. The molecule has 1 fully saturated rings. The number of esters is 1. The molecule has 0 unspecified atom stereocenters. The third kappa shape index (κ3) is 6.18. The number of rotatable bonds is 10. The first-order valence-electron chi connectivity index (χ1n) is 15.4. The van der Waals surface area contributed by atoms with Crippen molar-refractivity contribution in [2.75, 3.05) is 18.1 Å². The number of nitrogens with zero attached hydrogens (tertiary/aromatic N) is 2. The summed E-state index contributed by atoms with van der Waals surface area (Å²) < 4.78 is 23.1. The molecule has 1 amide bonds. The van der Waals surface area contributed by atoms with Crippen molar-refractivity contribution < 1.29 is 38.4 Å². The van der Waals surface area contributed by atoms with Crippen LogP contribution in [-0.2, 0) is 27.4 Å². The van der Waals surface area contributed by atoms with Crippen LogP contribution < -0.4 is 19.1 Å². The van der Waals surface area contributed by atoms with E-state index in [0.29, 0.717) is 53.7 Å². The van der Waals surface area contributed by atoms with E-state index in [1.54, 1.807) is 50.2 Å². The van der Waals surface area contributed by atoms with Crippen LogP contribution >= 0.6 is 11.3 Å². The molecule has 242 valence electrons. The predicted octanol–water partition coefficient (Wildman–Crippen LogP) is 6.56. The minimum Gasteiger partial charge on any atom is -0.507 e. The Balaban J connectivity index is 1.47. The lowest BCUT2D eigenvalue weighted by Gasteiger charge is -2.24. The van der Waals surface area contributed by atoms with Gasteiger partial charge in [0, 0.05) is 12.0 Å². The summed E-state index contributed by atoms with van der Waals surface area (Å²) in [7, 11) is 0. The third-order valence-electron chi connectivity index (χ3n) is 7.89. The van der Waals surface area contributed by atoms with Gasteiger partial charge in [-0.3, -0.25) is 14.5 Å². The number of carbonyl (C=O) groups excluding carboxylic acids is 3. The predicted molar refractivity (Wildman–Crippen MR) is 176 cm³/mol. The number of Topliss-reactive ketones (excluding diaryl/α,β-unsaturated/α-hetero) is 1. The molecule has 0 aliphatic carbocycles. The summed E-state index contributed by atoms with van der Waals surface area (Å²) in [5, 5.41) is 11.9. The first-order chi connectivity index (χ1) is 22.7. The van der Waals surface area contributed by atoms with Crippen LogP contribution in [-0.4, -0.2) is 47.1 Å². The second kappa shape index (κ2) is 13.3. The zero-order chi connectivity index (χ0) is 33.2. The fraction of sp³-hybridized carbons (Fsp3) is 0.278. The number of thiazole rings is 1. The van der Waals surface area contributed by atoms with E-state index in [1.165, 1.54) is 4.90 Å². The van der Waals surface area contributed by atoms with Crippen LogP contribution in [0.15, 0.2) is 72.3 Å². The topological polar surface area (TPSA) is 124 Å². The Kier molecular flexibility index (Phi) is 8.99. The summed E-state index contributed by atoms with van der Waals surface area (Å²) in [5.41, 5.74) is 2.95. The first-order valence-corrected chi connectivity index (χ1v) is 16.2. The van der Waals surface area contributed by atoms with Gasteiger partial charge in [-0.15, -0.1) is 0 Å². The van der Waals surface area contributed by atoms with Crippen molar-refractivity contribution >= 4 is 39.9 Å². The molecule has 2 aliphatic heterocycles. The Morgan fingerprint density at radius 1 is 1.02 bits per heavy atom. The van der Waals surface area contributed by atoms with Crippen molar-refractivity contribution in [3.05, 3.63) is 105 Å². The highest BCUT2D eigenvalue weighted by molar-refractivity contribution is 7.17. The number of carbonyl (C=O) groups is 3. The minimum absolute atomic E-state index is 0.0191. The van der Waals surface area contributed by atoms with E-state index in [4.69, 9.17) is 18.9 Å². The molecule has 0 spiro atoms. The Hall–Kier alpha value is -5.16. The molecule has 0 radical (unpaired) electrons. The van der Waals surface area contributed by atoms with E-state index >= 15 is 0 Å². The molecular weight excluding hydrogens is 620 g/mol. The quantitative estimate of drug-likeness (QED) is 0.0877. The number of aromatic nitrogens is 1. The normalized spacial score (nSPS) is 18.2. The number of ketones is 1. The van der Waals surface area contributed by atoms with Crippen LogP contribution in [0.2, 0.25) is 0 Å². The fourth-order valence-corrected chi connectivity index (χ4v) is 6.75. The summed E-state index contributed by atoms with van der Waals surface area (Å²) in [6.07, 6.45) is 0.625. The number of hydrogen-bond acceptors (Lipinski definition) is 10. The number of aliphatic hydroxyl groups excluding tert-OH is 1. The monoisotopic (exact) mass is 654 g/mol. The van der Waals surface area contributed by atoms with Gasteiger partial charge in [-0.2, -0.15) is 0 Å². The number of anilines is 1. The molecule has 11 heteroatoms. The molecule has 1 saturated heterocycles. The first kappa shape index (κ1) is 31.8. The average molecular weight is 655 g/mol. The van der Waals surface area contributed by atoms with Gasteiger partial charge < -0.3 is 24.1 Å². The van der Waals surface area contributed by atoms with Gasteiger partial charge in [-0.05, 0) is 74.7 Å². The van der Waals surface area contributed by atoms with E-state index < -0.39 is 23.7 Å². The second-order valence-electron chi connectivity index (χ2n) is 11.2. The maximum Gasteiger partial charge on any atom is 0.350 e. The van der Waals surface area contributed by atoms with Crippen LogP contribution in [0.25, 0.3) is 5.76 Å². The Labute approximate surface area is 276 Å². The maximum atomic E-state index is 13.8. The van der Waals surface area contributed by atoms with Gasteiger partial charge in [-0.25, -0.2) is 9.78 Å². The zero-order valence-corrected chi connectivity index (χ0v) is 27.3. The SMILES string of the molecule is CCOC(=O)c1sc(N2C(=O)C(=O)C(=C(O)c3ccc4c(c3)C[C@H](C)O4)[C@@H]2c2ccc(OCc3ccccc3)c(OCC)c2)nc1C. The second-order valence-corrected chi connectivity index (χ2v) is 12.1. The smallest absolute Gasteiger partial charge is 0.350 e. The van der Waals surface area contributed by atoms with Gasteiger partial charge in [-0.1, -0.05) is 47.7 Å². The Morgan fingerprint density at radius 3 is 2.55 bits per heavy atom. The molecule has 10 nitrogen and oxygen atoms in total. The van der Waals surface area contributed by atoms with E-state index in [2.05, 4.69) is 4.98 Å². The van der Waals surface area contributed by atoms with Crippen molar-refractivity contribution in [2.45, 2.75) is 52.9 Å². The van der Waals surface area contributed by atoms with Gasteiger partial charge >= 0.3 is 11.9 Å². The van der Waals surface area contributed by atoms with Gasteiger partial charge in [0.25, 0.3) is 5.78 Å². The number of amides is 1.